The predicted octanol–water partition coefficient (Wildman–Crippen LogP) is -0.0957. The fourth-order valence-electron chi connectivity index (χ4n) is 2.02. The average Bonchev–Trinajstić information content (AvgIpc) is 2.85. The van der Waals surface area contributed by atoms with Crippen LogP contribution < -0.4 is 5.73 Å². The zero-order valence-electron chi connectivity index (χ0n) is 11.1. The standard InChI is InChI=1S/C12H22N2O4/c1-3-6-14(8-11(15)17-2)12(16)10-5-4-9(7-13)18-10/h9-10H,3-8,13H2,1-2H3. The molecule has 0 bridgehead atoms. The molecule has 0 spiro atoms. The fourth-order valence-corrected chi connectivity index (χ4v) is 2.02. The SMILES string of the molecule is CCCN(CC(=O)OC)C(=O)C1CCC(CN)O1. The van der Waals surface area contributed by atoms with Crippen LogP contribution in [0.5, 0.6) is 0 Å². The summed E-state index contributed by atoms with van der Waals surface area (Å²) in [4.78, 5) is 25.0. The van der Waals surface area contributed by atoms with Crippen LogP contribution in [-0.4, -0.2) is 55.7 Å². The van der Waals surface area contributed by atoms with E-state index in [2.05, 4.69) is 4.74 Å². The average molecular weight is 258 g/mol. The first-order valence-electron chi connectivity index (χ1n) is 6.33. The lowest BCUT2D eigenvalue weighted by Crippen LogP contribution is -2.43. The van der Waals surface area contributed by atoms with Gasteiger partial charge in [0, 0.05) is 13.1 Å². The minimum absolute atomic E-state index is 0.0175. The van der Waals surface area contributed by atoms with Gasteiger partial charge in [0.1, 0.15) is 12.6 Å². The third kappa shape index (κ3) is 3.96. The number of nitrogens with two attached hydrogens (primary N) is 1. The molecule has 0 aromatic heterocycles. The summed E-state index contributed by atoms with van der Waals surface area (Å²) < 4.78 is 10.1. The van der Waals surface area contributed by atoms with E-state index in [-0.39, 0.29) is 18.6 Å². The van der Waals surface area contributed by atoms with Crippen molar-refractivity contribution in [1.82, 2.24) is 4.90 Å². The molecule has 0 aromatic rings. The summed E-state index contributed by atoms with van der Waals surface area (Å²) >= 11 is 0. The highest BCUT2D eigenvalue weighted by atomic mass is 16.5. The topological polar surface area (TPSA) is 81.9 Å². The number of hydrogen-bond acceptors (Lipinski definition) is 5. The van der Waals surface area contributed by atoms with Crippen LogP contribution >= 0.6 is 0 Å². The van der Waals surface area contributed by atoms with Crippen molar-refractivity contribution in [2.45, 2.75) is 38.4 Å². The first-order chi connectivity index (χ1) is 8.62. The molecule has 6 nitrogen and oxygen atoms in total. The van der Waals surface area contributed by atoms with Crippen molar-refractivity contribution >= 4 is 11.9 Å². The number of esters is 1. The minimum atomic E-state index is -0.463. The van der Waals surface area contributed by atoms with Crippen molar-refractivity contribution in [2.75, 3.05) is 26.7 Å². The maximum atomic E-state index is 12.2. The van der Waals surface area contributed by atoms with Gasteiger partial charge in [-0.15, -0.1) is 0 Å². The van der Waals surface area contributed by atoms with Gasteiger partial charge >= 0.3 is 5.97 Å². The molecular weight excluding hydrogens is 236 g/mol. The van der Waals surface area contributed by atoms with Gasteiger partial charge in [0.15, 0.2) is 0 Å². The Bertz CT molecular complexity index is 296. The van der Waals surface area contributed by atoms with E-state index in [0.29, 0.717) is 19.5 Å². The molecule has 2 atom stereocenters. The Labute approximate surface area is 107 Å². The molecule has 0 aromatic carbocycles. The lowest BCUT2D eigenvalue weighted by atomic mass is 10.1. The molecule has 2 N–H and O–H groups in total. The Kier molecular flexibility index (Phi) is 6.07. The molecule has 0 radical (unpaired) electrons. The molecule has 1 saturated heterocycles. The Balaban J connectivity index is 2.56. The van der Waals surface area contributed by atoms with Crippen LogP contribution in [0.3, 0.4) is 0 Å². The number of hydrogen-bond donors (Lipinski definition) is 1. The Hall–Kier alpha value is -1.14. The van der Waals surface area contributed by atoms with E-state index in [1.165, 1.54) is 12.0 Å². The molecule has 1 heterocycles. The number of methoxy groups -OCH3 is 1. The predicted molar refractivity (Wildman–Crippen MR) is 65.8 cm³/mol. The van der Waals surface area contributed by atoms with E-state index in [0.717, 1.165) is 12.8 Å². The van der Waals surface area contributed by atoms with Crippen LogP contribution in [-0.2, 0) is 19.1 Å². The molecule has 104 valence electrons. The van der Waals surface area contributed by atoms with Crippen molar-refractivity contribution in [3.8, 4) is 0 Å². The van der Waals surface area contributed by atoms with Crippen molar-refractivity contribution in [2.24, 2.45) is 5.73 Å². The van der Waals surface area contributed by atoms with Gasteiger partial charge in [-0.25, -0.2) is 0 Å². The summed E-state index contributed by atoms with van der Waals surface area (Å²) in [6.07, 6.45) is 1.75. The quantitative estimate of drug-likeness (QED) is 0.673. The Morgan fingerprint density at radius 1 is 1.44 bits per heavy atom. The van der Waals surface area contributed by atoms with E-state index in [4.69, 9.17) is 10.5 Å². The monoisotopic (exact) mass is 258 g/mol. The Morgan fingerprint density at radius 3 is 2.67 bits per heavy atom. The number of nitrogens with zero attached hydrogens (tertiary/aromatic N) is 1. The molecule has 1 rings (SSSR count). The van der Waals surface area contributed by atoms with Gasteiger partial charge in [-0.05, 0) is 19.3 Å². The maximum Gasteiger partial charge on any atom is 0.325 e. The highest BCUT2D eigenvalue weighted by molar-refractivity contribution is 5.85. The van der Waals surface area contributed by atoms with Crippen LogP contribution in [0.2, 0.25) is 0 Å². The second-order valence-electron chi connectivity index (χ2n) is 4.40. The number of amides is 1. The molecule has 6 heteroatoms. The van der Waals surface area contributed by atoms with Crippen molar-refractivity contribution in [1.29, 1.82) is 0 Å². The van der Waals surface area contributed by atoms with Crippen molar-refractivity contribution < 1.29 is 19.1 Å². The normalized spacial score (nSPS) is 22.8. The third-order valence-corrected chi connectivity index (χ3v) is 3.00. The van der Waals surface area contributed by atoms with Gasteiger partial charge in [0.25, 0.3) is 5.91 Å². The first kappa shape index (κ1) is 14.9. The summed E-state index contributed by atoms with van der Waals surface area (Å²) in [5.74, 6) is -0.552. The van der Waals surface area contributed by atoms with Crippen LogP contribution in [0.1, 0.15) is 26.2 Å². The maximum absolute atomic E-state index is 12.2. The molecule has 0 aliphatic carbocycles. The van der Waals surface area contributed by atoms with Gasteiger partial charge in [0.2, 0.25) is 0 Å². The summed E-state index contributed by atoms with van der Waals surface area (Å²) in [6, 6.07) is 0. The lowest BCUT2D eigenvalue weighted by molar-refractivity contribution is -0.151. The van der Waals surface area contributed by atoms with E-state index in [1.54, 1.807) is 0 Å². The summed E-state index contributed by atoms with van der Waals surface area (Å²) in [5.41, 5.74) is 5.51. The zero-order valence-corrected chi connectivity index (χ0v) is 11.1. The fraction of sp³-hybridized carbons (Fsp3) is 0.833. The van der Waals surface area contributed by atoms with Gasteiger partial charge < -0.3 is 20.1 Å². The summed E-state index contributed by atoms with van der Waals surface area (Å²) in [5, 5.41) is 0. The first-order valence-corrected chi connectivity index (χ1v) is 6.33. The van der Waals surface area contributed by atoms with Crippen LogP contribution in [0, 0.1) is 0 Å². The minimum Gasteiger partial charge on any atom is -0.468 e. The van der Waals surface area contributed by atoms with Crippen LogP contribution in [0.4, 0.5) is 0 Å². The second kappa shape index (κ2) is 7.33. The third-order valence-electron chi connectivity index (χ3n) is 3.00. The molecule has 18 heavy (non-hydrogen) atoms. The Morgan fingerprint density at radius 2 is 2.17 bits per heavy atom. The number of rotatable bonds is 6. The largest absolute Gasteiger partial charge is 0.468 e. The van der Waals surface area contributed by atoms with Crippen molar-refractivity contribution in [3.63, 3.8) is 0 Å². The summed E-state index contributed by atoms with van der Waals surface area (Å²) in [6.45, 7) is 2.89. The van der Waals surface area contributed by atoms with E-state index >= 15 is 0 Å². The molecule has 0 saturated carbocycles. The van der Waals surface area contributed by atoms with Gasteiger partial charge in [-0.2, -0.15) is 0 Å². The lowest BCUT2D eigenvalue weighted by Gasteiger charge is -2.24. The number of carbonyl (C=O) groups excluding carboxylic acids is 2. The number of ether oxygens (including phenoxy) is 2. The number of carbonyl (C=O) groups is 2. The van der Waals surface area contributed by atoms with Crippen LogP contribution in [0.15, 0.2) is 0 Å². The molecule has 1 amide bonds. The van der Waals surface area contributed by atoms with Gasteiger partial charge in [-0.1, -0.05) is 6.92 Å². The molecular formula is C12H22N2O4. The van der Waals surface area contributed by atoms with Gasteiger partial charge in [-0.3, -0.25) is 9.59 Å². The highest BCUT2D eigenvalue weighted by Gasteiger charge is 2.33. The summed E-state index contributed by atoms with van der Waals surface area (Å²) in [7, 11) is 1.31. The van der Waals surface area contributed by atoms with E-state index in [1.807, 2.05) is 6.92 Å². The second-order valence-corrected chi connectivity index (χ2v) is 4.40. The molecule has 1 aliphatic heterocycles. The van der Waals surface area contributed by atoms with Crippen molar-refractivity contribution in [3.05, 3.63) is 0 Å². The van der Waals surface area contributed by atoms with Gasteiger partial charge in [0.05, 0.1) is 13.2 Å². The van der Waals surface area contributed by atoms with E-state index < -0.39 is 12.1 Å². The molecule has 2 unspecified atom stereocenters. The van der Waals surface area contributed by atoms with E-state index in [9.17, 15) is 9.59 Å². The zero-order chi connectivity index (χ0) is 13.5. The smallest absolute Gasteiger partial charge is 0.325 e. The molecule has 1 aliphatic rings. The van der Waals surface area contributed by atoms with Crippen LogP contribution in [0.25, 0.3) is 0 Å². The highest BCUT2D eigenvalue weighted by Crippen LogP contribution is 2.20. The molecule has 1 fully saturated rings.